The Bertz CT molecular complexity index is 751. The lowest BCUT2D eigenvalue weighted by Gasteiger charge is -2.01. The van der Waals surface area contributed by atoms with Crippen molar-refractivity contribution in [3.05, 3.63) is 24.5 Å². The van der Waals surface area contributed by atoms with Crippen molar-refractivity contribution in [3.63, 3.8) is 0 Å². The first-order chi connectivity index (χ1) is 9.19. The van der Waals surface area contributed by atoms with E-state index in [1.807, 2.05) is 19.2 Å². The third-order valence-corrected chi connectivity index (χ3v) is 2.82. The van der Waals surface area contributed by atoms with Crippen LogP contribution in [0.25, 0.3) is 22.3 Å². The lowest BCUT2D eigenvalue weighted by molar-refractivity contribution is 0.398. The predicted molar refractivity (Wildman–Crippen MR) is 70.5 cm³/mol. The molecule has 96 valence electrons. The second-order valence-electron chi connectivity index (χ2n) is 4.02. The van der Waals surface area contributed by atoms with Gasteiger partial charge >= 0.3 is 0 Å². The second-order valence-corrected chi connectivity index (χ2v) is 4.02. The molecule has 0 saturated carbocycles. The number of hydrogen-bond donors (Lipinski definition) is 1. The van der Waals surface area contributed by atoms with Crippen molar-refractivity contribution in [3.8, 4) is 17.1 Å². The van der Waals surface area contributed by atoms with Crippen molar-refractivity contribution in [2.45, 2.75) is 0 Å². The van der Waals surface area contributed by atoms with Crippen molar-refractivity contribution in [2.24, 2.45) is 7.05 Å². The summed E-state index contributed by atoms with van der Waals surface area (Å²) in [5.74, 6) is 0.766. The van der Waals surface area contributed by atoms with Gasteiger partial charge in [0.2, 0.25) is 11.8 Å². The van der Waals surface area contributed by atoms with Gasteiger partial charge in [-0.15, -0.1) is 0 Å². The minimum atomic E-state index is 0.231. The summed E-state index contributed by atoms with van der Waals surface area (Å²) in [4.78, 5) is 12.3. The summed E-state index contributed by atoms with van der Waals surface area (Å²) in [6, 6.07) is 3.68. The van der Waals surface area contributed by atoms with Gasteiger partial charge in [-0.25, -0.2) is 14.6 Å². The van der Waals surface area contributed by atoms with Crippen molar-refractivity contribution in [1.29, 1.82) is 0 Å². The highest BCUT2D eigenvalue weighted by Gasteiger charge is 2.13. The van der Waals surface area contributed by atoms with Gasteiger partial charge in [-0.05, 0) is 6.07 Å². The van der Waals surface area contributed by atoms with E-state index < -0.39 is 0 Å². The van der Waals surface area contributed by atoms with E-state index in [-0.39, 0.29) is 5.95 Å². The van der Waals surface area contributed by atoms with E-state index in [9.17, 15) is 0 Å². The molecule has 0 spiro atoms. The van der Waals surface area contributed by atoms with Gasteiger partial charge in [0, 0.05) is 31.1 Å². The first-order valence-electron chi connectivity index (χ1n) is 5.64. The molecular weight excluding hydrogens is 244 g/mol. The van der Waals surface area contributed by atoms with Crippen LogP contribution in [0.3, 0.4) is 0 Å². The fraction of sp³-hybridized carbons (Fsp3) is 0.167. The Balaban J connectivity index is 2.25. The molecule has 0 radical (unpaired) electrons. The maximum atomic E-state index is 5.59. The van der Waals surface area contributed by atoms with Crippen LogP contribution in [0.2, 0.25) is 0 Å². The quantitative estimate of drug-likeness (QED) is 0.735. The molecule has 3 rings (SSSR count). The summed E-state index contributed by atoms with van der Waals surface area (Å²) < 4.78 is 6.79. The van der Waals surface area contributed by atoms with Gasteiger partial charge in [0.25, 0.3) is 0 Å². The monoisotopic (exact) mass is 256 g/mol. The molecule has 0 amide bonds. The molecule has 0 bridgehead atoms. The van der Waals surface area contributed by atoms with E-state index in [2.05, 4.69) is 20.1 Å². The Morgan fingerprint density at radius 2 is 2.16 bits per heavy atom. The van der Waals surface area contributed by atoms with E-state index in [0.29, 0.717) is 11.5 Å². The zero-order valence-electron chi connectivity index (χ0n) is 10.5. The number of pyridine rings is 1. The number of rotatable bonds is 2. The van der Waals surface area contributed by atoms with Crippen LogP contribution in [0, 0.1) is 0 Å². The van der Waals surface area contributed by atoms with Gasteiger partial charge in [0.05, 0.1) is 12.5 Å². The Hall–Kier alpha value is -2.70. The molecule has 0 aromatic carbocycles. The number of fused-ring (bicyclic) bond motifs is 1. The molecule has 3 aromatic heterocycles. The van der Waals surface area contributed by atoms with Crippen LogP contribution in [-0.4, -0.2) is 31.8 Å². The molecule has 7 heteroatoms. The van der Waals surface area contributed by atoms with E-state index in [0.717, 1.165) is 16.6 Å². The highest BCUT2D eigenvalue weighted by Crippen LogP contribution is 2.27. The summed E-state index contributed by atoms with van der Waals surface area (Å²) in [6.45, 7) is 0. The molecule has 0 aliphatic heterocycles. The highest BCUT2D eigenvalue weighted by molar-refractivity contribution is 5.91. The Morgan fingerprint density at radius 1 is 1.32 bits per heavy atom. The third kappa shape index (κ3) is 1.85. The van der Waals surface area contributed by atoms with Crippen LogP contribution in [0.1, 0.15) is 0 Å². The van der Waals surface area contributed by atoms with Gasteiger partial charge < -0.3 is 10.5 Å². The van der Waals surface area contributed by atoms with Crippen LogP contribution in [-0.2, 0) is 7.05 Å². The molecule has 0 atom stereocenters. The number of hydrogen-bond acceptors (Lipinski definition) is 6. The van der Waals surface area contributed by atoms with Crippen molar-refractivity contribution in [2.75, 3.05) is 12.8 Å². The Labute approximate surface area is 109 Å². The Kier molecular flexibility index (Phi) is 2.52. The standard InChI is InChI=1S/C12H12N6O/c1-18-11-8(6-15-12(13)16-11)10(17-18)7-3-4-14-9(5-7)19-2/h3-6H,1-2H3,(H2,13,15,16). The number of nitrogens with zero attached hydrogens (tertiary/aromatic N) is 5. The maximum Gasteiger partial charge on any atom is 0.222 e. The van der Waals surface area contributed by atoms with E-state index in [1.54, 1.807) is 24.2 Å². The number of nitrogen functional groups attached to an aromatic ring is 1. The number of ether oxygens (including phenoxy) is 1. The highest BCUT2D eigenvalue weighted by atomic mass is 16.5. The molecule has 7 nitrogen and oxygen atoms in total. The number of aromatic nitrogens is 5. The number of anilines is 1. The summed E-state index contributed by atoms with van der Waals surface area (Å²) in [7, 11) is 3.39. The maximum absolute atomic E-state index is 5.59. The van der Waals surface area contributed by atoms with Gasteiger partial charge in [0.1, 0.15) is 5.69 Å². The zero-order valence-corrected chi connectivity index (χ0v) is 10.5. The van der Waals surface area contributed by atoms with Gasteiger partial charge in [-0.2, -0.15) is 10.1 Å². The zero-order chi connectivity index (χ0) is 13.4. The minimum absolute atomic E-state index is 0.231. The molecule has 0 aliphatic carbocycles. The topological polar surface area (TPSA) is 91.7 Å². The smallest absolute Gasteiger partial charge is 0.222 e. The first kappa shape index (κ1) is 11.4. The van der Waals surface area contributed by atoms with E-state index in [1.165, 1.54) is 0 Å². The number of nitrogens with two attached hydrogens (primary N) is 1. The molecule has 0 aliphatic rings. The molecule has 19 heavy (non-hydrogen) atoms. The average Bonchev–Trinajstić information content (AvgIpc) is 2.76. The normalized spacial score (nSPS) is 10.8. The molecular formula is C12H12N6O. The molecule has 3 heterocycles. The summed E-state index contributed by atoms with van der Waals surface area (Å²) in [6.07, 6.45) is 3.35. The first-order valence-corrected chi connectivity index (χ1v) is 5.64. The van der Waals surface area contributed by atoms with Gasteiger partial charge in [-0.3, -0.25) is 0 Å². The SMILES string of the molecule is COc1cc(-c2nn(C)c3nc(N)ncc23)ccn1. The fourth-order valence-electron chi connectivity index (χ4n) is 1.93. The van der Waals surface area contributed by atoms with Crippen LogP contribution >= 0.6 is 0 Å². The average molecular weight is 256 g/mol. The van der Waals surface area contributed by atoms with Crippen LogP contribution in [0.4, 0.5) is 5.95 Å². The summed E-state index contributed by atoms with van der Waals surface area (Å²) in [5, 5.41) is 5.29. The fourth-order valence-corrected chi connectivity index (χ4v) is 1.93. The van der Waals surface area contributed by atoms with Gasteiger partial charge in [0.15, 0.2) is 5.65 Å². The van der Waals surface area contributed by atoms with Crippen molar-refractivity contribution in [1.82, 2.24) is 24.7 Å². The summed E-state index contributed by atoms with van der Waals surface area (Å²) in [5.41, 5.74) is 7.96. The van der Waals surface area contributed by atoms with Crippen molar-refractivity contribution >= 4 is 17.0 Å². The number of methoxy groups -OCH3 is 1. The van der Waals surface area contributed by atoms with Crippen LogP contribution < -0.4 is 10.5 Å². The molecule has 2 N–H and O–H groups in total. The minimum Gasteiger partial charge on any atom is -0.481 e. The van der Waals surface area contributed by atoms with Crippen LogP contribution in [0.15, 0.2) is 24.5 Å². The Morgan fingerprint density at radius 3 is 2.95 bits per heavy atom. The van der Waals surface area contributed by atoms with E-state index >= 15 is 0 Å². The number of aryl methyl sites for hydroxylation is 1. The second kappa shape index (κ2) is 4.20. The van der Waals surface area contributed by atoms with Gasteiger partial charge in [-0.1, -0.05) is 0 Å². The third-order valence-electron chi connectivity index (χ3n) is 2.82. The summed E-state index contributed by atoms with van der Waals surface area (Å²) >= 11 is 0. The largest absolute Gasteiger partial charge is 0.481 e. The lowest BCUT2D eigenvalue weighted by atomic mass is 10.1. The predicted octanol–water partition coefficient (Wildman–Crippen LogP) is 1.02. The lowest BCUT2D eigenvalue weighted by Crippen LogP contribution is -1.97. The molecule has 0 saturated heterocycles. The van der Waals surface area contributed by atoms with Crippen LogP contribution in [0.5, 0.6) is 5.88 Å². The molecule has 0 unspecified atom stereocenters. The van der Waals surface area contributed by atoms with Crippen molar-refractivity contribution < 1.29 is 4.74 Å². The molecule has 0 fully saturated rings. The van der Waals surface area contributed by atoms with E-state index in [4.69, 9.17) is 10.5 Å². The molecule has 3 aromatic rings.